The molecule has 0 unspecified atom stereocenters. The Labute approximate surface area is 112 Å². The highest BCUT2D eigenvalue weighted by atomic mass is 16.4. The third-order valence-electron chi connectivity index (χ3n) is 2.99. The van der Waals surface area contributed by atoms with Crippen LogP contribution in [0.25, 0.3) is 11.3 Å². The van der Waals surface area contributed by atoms with E-state index < -0.39 is 5.97 Å². The smallest absolute Gasteiger partial charge is 0.354 e. The summed E-state index contributed by atoms with van der Waals surface area (Å²) in [6, 6.07) is 5.67. The maximum Gasteiger partial charge on any atom is 0.354 e. The lowest BCUT2D eigenvalue weighted by atomic mass is 9.97. The molecule has 0 aliphatic carbocycles. The van der Waals surface area contributed by atoms with E-state index in [4.69, 9.17) is 5.11 Å². The molecule has 2 aromatic rings. The first-order valence-electron chi connectivity index (χ1n) is 6.05. The van der Waals surface area contributed by atoms with Crippen molar-refractivity contribution in [1.29, 1.82) is 0 Å². The lowest BCUT2D eigenvalue weighted by Crippen LogP contribution is -2.05. The van der Waals surface area contributed by atoms with Gasteiger partial charge in [0.2, 0.25) is 0 Å². The van der Waals surface area contributed by atoms with E-state index in [1.807, 2.05) is 20.8 Å². The summed E-state index contributed by atoms with van der Waals surface area (Å²) < 4.78 is 0. The summed E-state index contributed by atoms with van der Waals surface area (Å²) in [5.74, 6) is -0.566. The SMILES string of the molecule is Cc1cc(C)c(-c2cc(C(=O)O)nc(C)n2)c(C)c1. The van der Waals surface area contributed by atoms with Crippen molar-refractivity contribution in [3.8, 4) is 11.3 Å². The van der Waals surface area contributed by atoms with Crippen LogP contribution >= 0.6 is 0 Å². The van der Waals surface area contributed by atoms with E-state index in [-0.39, 0.29) is 5.69 Å². The van der Waals surface area contributed by atoms with Crippen LogP contribution in [0.1, 0.15) is 33.0 Å². The number of hydrogen-bond acceptors (Lipinski definition) is 3. The van der Waals surface area contributed by atoms with Crippen LogP contribution in [-0.4, -0.2) is 21.0 Å². The molecular formula is C15H16N2O2. The number of aromatic carboxylic acids is 1. The van der Waals surface area contributed by atoms with Crippen molar-refractivity contribution in [1.82, 2.24) is 9.97 Å². The standard InChI is InChI=1S/C15H16N2O2/c1-8-5-9(2)14(10(3)6-8)12-7-13(15(18)19)17-11(4)16-12/h5-7H,1-4H3,(H,18,19). The van der Waals surface area contributed by atoms with Gasteiger partial charge in [-0.25, -0.2) is 14.8 Å². The summed E-state index contributed by atoms with van der Waals surface area (Å²) >= 11 is 0. The molecule has 1 aromatic carbocycles. The number of benzene rings is 1. The van der Waals surface area contributed by atoms with Gasteiger partial charge in [0.15, 0.2) is 5.69 Å². The van der Waals surface area contributed by atoms with Gasteiger partial charge in [0.25, 0.3) is 0 Å². The topological polar surface area (TPSA) is 63.1 Å². The first-order chi connectivity index (χ1) is 8.88. The van der Waals surface area contributed by atoms with Gasteiger partial charge >= 0.3 is 5.97 Å². The van der Waals surface area contributed by atoms with Crippen LogP contribution in [0.5, 0.6) is 0 Å². The van der Waals surface area contributed by atoms with Gasteiger partial charge in [-0.1, -0.05) is 17.7 Å². The van der Waals surface area contributed by atoms with Crippen molar-refractivity contribution in [3.05, 3.63) is 46.4 Å². The molecule has 0 saturated heterocycles. The highest BCUT2D eigenvalue weighted by Crippen LogP contribution is 2.27. The fourth-order valence-corrected chi connectivity index (χ4v) is 2.39. The Morgan fingerprint density at radius 2 is 1.58 bits per heavy atom. The lowest BCUT2D eigenvalue weighted by Gasteiger charge is -2.11. The Balaban J connectivity index is 2.69. The number of carboxylic acids is 1. The number of nitrogens with zero attached hydrogens (tertiary/aromatic N) is 2. The molecule has 0 radical (unpaired) electrons. The predicted octanol–water partition coefficient (Wildman–Crippen LogP) is 3.08. The van der Waals surface area contributed by atoms with E-state index in [0.29, 0.717) is 11.5 Å². The number of rotatable bonds is 2. The molecular weight excluding hydrogens is 240 g/mol. The van der Waals surface area contributed by atoms with E-state index in [2.05, 4.69) is 22.1 Å². The van der Waals surface area contributed by atoms with Gasteiger partial charge in [-0.05, 0) is 44.9 Å². The number of carboxylic acid groups (broad SMARTS) is 1. The molecule has 2 rings (SSSR count). The van der Waals surface area contributed by atoms with Crippen LogP contribution in [0.15, 0.2) is 18.2 Å². The maximum absolute atomic E-state index is 11.1. The van der Waals surface area contributed by atoms with Crippen molar-refractivity contribution < 1.29 is 9.90 Å². The van der Waals surface area contributed by atoms with Gasteiger partial charge in [0, 0.05) is 5.56 Å². The van der Waals surface area contributed by atoms with Gasteiger partial charge < -0.3 is 5.11 Å². The van der Waals surface area contributed by atoms with E-state index in [1.165, 1.54) is 11.6 Å². The van der Waals surface area contributed by atoms with Crippen molar-refractivity contribution in [3.63, 3.8) is 0 Å². The summed E-state index contributed by atoms with van der Waals surface area (Å²) in [4.78, 5) is 19.4. The van der Waals surface area contributed by atoms with Gasteiger partial charge in [-0.15, -0.1) is 0 Å². The maximum atomic E-state index is 11.1. The van der Waals surface area contributed by atoms with Crippen LogP contribution < -0.4 is 0 Å². The summed E-state index contributed by atoms with van der Waals surface area (Å²) in [6.07, 6.45) is 0. The van der Waals surface area contributed by atoms with Crippen LogP contribution in [0.3, 0.4) is 0 Å². The highest BCUT2D eigenvalue weighted by molar-refractivity contribution is 5.87. The predicted molar refractivity (Wildman–Crippen MR) is 73.4 cm³/mol. The summed E-state index contributed by atoms with van der Waals surface area (Å²) in [5.41, 5.74) is 5.04. The molecule has 0 aliphatic rings. The zero-order valence-corrected chi connectivity index (χ0v) is 11.5. The Bertz CT molecular complexity index is 640. The van der Waals surface area contributed by atoms with E-state index >= 15 is 0 Å². The second-order valence-electron chi connectivity index (χ2n) is 4.76. The molecule has 1 heterocycles. The molecule has 0 saturated carbocycles. The molecule has 19 heavy (non-hydrogen) atoms. The van der Waals surface area contributed by atoms with E-state index in [0.717, 1.165) is 16.7 Å². The van der Waals surface area contributed by atoms with Gasteiger partial charge in [-0.2, -0.15) is 0 Å². The summed E-state index contributed by atoms with van der Waals surface area (Å²) in [5, 5.41) is 9.07. The quantitative estimate of drug-likeness (QED) is 0.896. The first kappa shape index (κ1) is 13.2. The Morgan fingerprint density at radius 1 is 1.00 bits per heavy atom. The molecule has 4 nitrogen and oxygen atoms in total. The molecule has 0 aliphatic heterocycles. The lowest BCUT2D eigenvalue weighted by molar-refractivity contribution is 0.0690. The molecule has 4 heteroatoms. The van der Waals surface area contributed by atoms with Gasteiger partial charge in [0.1, 0.15) is 5.82 Å². The largest absolute Gasteiger partial charge is 0.477 e. The minimum atomic E-state index is -1.03. The zero-order valence-electron chi connectivity index (χ0n) is 11.5. The Morgan fingerprint density at radius 3 is 2.11 bits per heavy atom. The summed E-state index contributed by atoms with van der Waals surface area (Å²) in [7, 11) is 0. The molecule has 98 valence electrons. The number of aromatic nitrogens is 2. The van der Waals surface area contributed by atoms with Gasteiger partial charge in [-0.3, -0.25) is 0 Å². The molecule has 0 spiro atoms. The van der Waals surface area contributed by atoms with E-state index in [9.17, 15) is 4.79 Å². The van der Waals surface area contributed by atoms with Crippen LogP contribution in [0, 0.1) is 27.7 Å². The van der Waals surface area contributed by atoms with Gasteiger partial charge in [0.05, 0.1) is 5.69 Å². The Kier molecular flexibility index (Phi) is 3.34. The normalized spacial score (nSPS) is 10.5. The Hall–Kier alpha value is -2.23. The average Bonchev–Trinajstić information content (AvgIpc) is 2.26. The molecule has 0 amide bonds. The number of aryl methyl sites for hydroxylation is 4. The molecule has 0 fully saturated rings. The summed E-state index contributed by atoms with van der Waals surface area (Å²) in [6.45, 7) is 7.76. The van der Waals surface area contributed by atoms with Crippen molar-refractivity contribution in [2.24, 2.45) is 0 Å². The van der Waals surface area contributed by atoms with E-state index in [1.54, 1.807) is 6.92 Å². The van der Waals surface area contributed by atoms with Crippen molar-refractivity contribution >= 4 is 5.97 Å². The third-order valence-corrected chi connectivity index (χ3v) is 2.99. The number of hydrogen-bond donors (Lipinski definition) is 1. The monoisotopic (exact) mass is 256 g/mol. The highest BCUT2D eigenvalue weighted by Gasteiger charge is 2.13. The first-order valence-corrected chi connectivity index (χ1v) is 6.05. The van der Waals surface area contributed by atoms with Crippen molar-refractivity contribution in [2.45, 2.75) is 27.7 Å². The third kappa shape index (κ3) is 2.62. The second-order valence-corrected chi connectivity index (χ2v) is 4.76. The minimum Gasteiger partial charge on any atom is -0.477 e. The van der Waals surface area contributed by atoms with Crippen LogP contribution in [0.4, 0.5) is 0 Å². The fourth-order valence-electron chi connectivity index (χ4n) is 2.39. The van der Waals surface area contributed by atoms with Crippen molar-refractivity contribution in [2.75, 3.05) is 0 Å². The molecule has 0 atom stereocenters. The van der Waals surface area contributed by atoms with Crippen LogP contribution in [-0.2, 0) is 0 Å². The fraction of sp³-hybridized carbons (Fsp3) is 0.267. The number of carbonyl (C=O) groups is 1. The molecule has 1 N–H and O–H groups in total. The molecule has 1 aromatic heterocycles. The minimum absolute atomic E-state index is 0.0295. The average molecular weight is 256 g/mol. The zero-order chi connectivity index (χ0) is 14.2. The second kappa shape index (κ2) is 4.80. The molecule has 0 bridgehead atoms. The van der Waals surface area contributed by atoms with Crippen LogP contribution in [0.2, 0.25) is 0 Å².